The van der Waals surface area contributed by atoms with E-state index in [1.54, 1.807) is 0 Å². The second-order valence-electron chi connectivity index (χ2n) is 7.68. The summed E-state index contributed by atoms with van der Waals surface area (Å²) in [4.78, 5) is 14.9. The van der Waals surface area contributed by atoms with Gasteiger partial charge < -0.3 is 4.90 Å². The molecule has 0 radical (unpaired) electrons. The highest BCUT2D eigenvalue weighted by atomic mass is 16.2. The lowest BCUT2D eigenvalue weighted by molar-refractivity contribution is -0.130. The third kappa shape index (κ3) is 4.09. The van der Waals surface area contributed by atoms with Crippen LogP contribution in [0.15, 0.2) is 30.4 Å². The molecule has 2 rings (SSSR count). The lowest BCUT2D eigenvalue weighted by Crippen LogP contribution is -2.41. The van der Waals surface area contributed by atoms with Gasteiger partial charge in [-0.2, -0.15) is 0 Å². The monoisotopic (exact) mass is 329 g/mol. The number of rotatable bonds is 2. The molecule has 2 heteroatoms. The molecule has 0 aromatic heterocycles. The van der Waals surface area contributed by atoms with Crippen LogP contribution >= 0.6 is 0 Å². The van der Waals surface area contributed by atoms with E-state index in [9.17, 15) is 4.79 Å². The molecule has 134 valence electrons. The minimum Gasteiger partial charge on any atom is -0.332 e. The van der Waals surface area contributed by atoms with Crippen LogP contribution in [0.25, 0.3) is 0 Å². The predicted octanol–water partition coefficient (Wildman–Crippen LogP) is 5.71. The summed E-state index contributed by atoms with van der Waals surface area (Å²) in [6, 6.07) is 6.53. The van der Waals surface area contributed by atoms with E-state index >= 15 is 0 Å². The Morgan fingerprint density at radius 3 is 2.42 bits per heavy atom. The number of hydrogen-bond acceptors (Lipinski definition) is 1. The van der Waals surface area contributed by atoms with E-state index in [4.69, 9.17) is 0 Å². The highest BCUT2D eigenvalue weighted by molar-refractivity contribution is 5.93. The van der Waals surface area contributed by atoms with Gasteiger partial charge in [0, 0.05) is 12.1 Å². The van der Waals surface area contributed by atoms with Gasteiger partial charge in [-0.1, -0.05) is 66.3 Å². The van der Waals surface area contributed by atoms with Crippen molar-refractivity contribution in [1.82, 2.24) is 4.90 Å². The third-order valence-corrected chi connectivity index (χ3v) is 5.32. The number of carbonyl (C=O) groups excluding carboxylic acids is 1. The number of fused-ring (bicyclic) bond motifs is 1. The van der Waals surface area contributed by atoms with Crippen LogP contribution in [0.1, 0.15) is 71.2 Å². The minimum absolute atomic E-state index is 0.0558. The Morgan fingerprint density at radius 1 is 1.29 bits per heavy atom. The van der Waals surface area contributed by atoms with Crippen molar-refractivity contribution in [2.24, 2.45) is 11.3 Å². The summed E-state index contributed by atoms with van der Waals surface area (Å²) in [6.45, 7) is 21.8. The van der Waals surface area contributed by atoms with E-state index in [1.165, 1.54) is 16.7 Å². The maximum absolute atomic E-state index is 12.9. The second-order valence-corrected chi connectivity index (χ2v) is 7.68. The van der Waals surface area contributed by atoms with Crippen LogP contribution in [0.4, 0.5) is 0 Å². The van der Waals surface area contributed by atoms with Crippen LogP contribution in [0, 0.1) is 18.3 Å². The second kappa shape index (κ2) is 8.00. The zero-order valence-corrected chi connectivity index (χ0v) is 16.9. The average molecular weight is 330 g/mol. The quantitative estimate of drug-likeness (QED) is 0.637. The van der Waals surface area contributed by atoms with Gasteiger partial charge in [0.15, 0.2) is 0 Å². The molecule has 1 amide bonds. The maximum Gasteiger partial charge on any atom is 0.249 e. The first-order chi connectivity index (χ1) is 11.1. The van der Waals surface area contributed by atoms with Crippen molar-refractivity contribution < 1.29 is 4.79 Å². The Hall–Kier alpha value is -1.57. The van der Waals surface area contributed by atoms with Crippen LogP contribution in [-0.2, 0) is 11.2 Å². The zero-order chi connectivity index (χ0) is 18.7. The van der Waals surface area contributed by atoms with E-state index in [2.05, 4.69) is 66.3 Å². The fourth-order valence-electron chi connectivity index (χ4n) is 3.22. The number of amides is 1. The van der Waals surface area contributed by atoms with Crippen molar-refractivity contribution in [1.29, 1.82) is 0 Å². The van der Waals surface area contributed by atoms with Crippen LogP contribution < -0.4 is 0 Å². The molecular formula is C22H35NO. The third-order valence-electron chi connectivity index (χ3n) is 5.32. The van der Waals surface area contributed by atoms with Crippen LogP contribution in [0.5, 0.6) is 0 Å². The largest absolute Gasteiger partial charge is 0.332 e. The fourth-order valence-corrected chi connectivity index (χ4v) is 3.22. The van der Waals surface area contributed by atoms with Gasteiger partial charge in [0.25, 0.3) is 0 Å². The molecule has 1 aliphatic rings. The zero-order valence-electron chi connectivity index (χ0n) is 16.9. The van der Waals surface area contributed by atoms with E-state index < -0.39 is 0 Å². The molecule has 1 aromatic carbocycles. The molecule has 0 N–H and O–H groups in total. The first-order valence-corrected chi connectivity index (χ1v) is 9.22. The molecule has 0 bridgehead atoms. The van der Waals surface area contributed by atoms with Crippen molar-refractivity contribution in [3.05, 3.63) is 47.0 Å². The normalized spacial score (nSPS) is 18.2. The Morgan fingerprint density at radius 2 is 1.88 bits per heavy atom. The first kappa shape index (κ1) is 20.5. The van der Waals surface area contributed by atoms with Crippen molar-refractivity contribution >= 4 is 5.91 Å². The molecule has 24 heavy (non-hydrogen) atoms. The summed E-state index contributed by atoms with van der Waals surface area (Å²) in [5.74, 6) is 0.285. The highest BCUT2D eigenvalue weighted by Crippen LogP contribution is 2.36. The summed E-state index contributed by atoms with van der Waals surface area (Å²) in [7, 11) is 0. The smallest absolute Gasteiger partial charge is 0.249 e. The van der Waals surface area contributed by atoms with E-state index in [0.717, 1.165) is 18.5 Å². The molecule has 0 saturated heterocycles. The van der Waals surface area contributed by atoms with E-state index in [1.807, 2.05) is 18.7 Å². The first-order valence-electron chi connectivity index (χ1n) is 9.22. The molecule has 2 unspecified atom stereocenters. The summed E-state index contributed by atoms with van der Waals surface area (Å²) in [5.41, 5.74) is 4.82. The van der Waals surface area contributed by atoms with E-state index in [-0.39, 0.29) is 23.3 Å². The van der Waals surface area contributed by atoms with Crippen molar-refractivity contribution in [3.63, 3.8) is 0 Å². The molecule has 0 fully saturated rings. The van der Waals surface area contributed by atoms with Crippen molar-refractivity contribution in [2.45, 2.75) is 67.9 Å². The molecule has 1 aromatic rings. The van der Waals surface area contributed by atoms with Gasteiger partial charge >= 0.3 is 0 Å². The summed E-state index contributed by atoms with van der Waals surface area (Å²) in [6.07, 6.45) is 0.940. The van der Waals surface area contributed by atoms with Gasteiger partial charge in [-0.05, 0) is 48.3 Å². The van der Waals surface area contributed by atoms with Crippen LogP contribution in [0.3, 0.4) is 0 Å². The lowest BCUT2D eigenvalue weighted by atomic mass is 9.77. The number of carbonyl (C=O) groups is 1. The van der Waals surface area contributed by atoms with Crippen molar-refractivity contribution in [2.75, 3.05) is 6.54 Å². The maximum atomic E-state index is 12.9. The van der Waals surface area contributed by atoms with Gasteiger partial charge in [0.2, 0.25) is 5.91 Å². The molecule has 0 saturated carbocycles. The SMILES string of the molecule is C=C(C(=O)N1CCc2c(C)cccc2C1C)C(C)C(C)(C)C.CC. The summed E-state index contributed by atoms with van der Waals surface area (Å²) >= 11 is 0. The number of aryl methyl sites for hydroxylation is 1. The molecule has 0 aliphatic carbocycles. The Balaban J connectivity index is 0.00000139. The molecule has 1 heterocycles. The Labute approximate surface area is 149 Å². The number of nitrogens with zero attached hydrogens (tertiary/aromatic N) is 1. The van der Waals surface area contributed by atoms with Crippen LogP contribution in [0.2, 0.25) is 0 Å². The van der Waals surface area contributed by atoms with Gasteiger partial charge in [-0.25, -0.2) is 0 Å². The molecule has 1 aliphatic heterocycles. The van der Waals surface area contributed by atoms with Crippen molar-refractivity contribution in [3.8, 4) is 0 Å². The number of hydrogen-bond donors (Lipinski definition) is 0. The molecule has 2 atom stereocenters. The minimum atomic E-state index is 0.0558. The van der Waals surface area contributed by atoms with Crippen LogP contribution in [-0.4, -0.2) is 17.4 Å². The van der Waals surface area contributed by atoms with E-state index in [0.29, 0.717) is 0 Å². The molecule has 0 spiro atoms. The van der Waals surface area contributed by atoms with Gasteiger partial charge in [0.05, 0.1) is 6.04 Å². The van der Waals surface area contributed by atoms with Gasteiger partial charge in [-0.3, -0.25) is 4.79 Å². The summed E-state index contributed by atoms with van der Waals surface area (Å²) < 4.78 is 0. The fraction of sp³-hybridized carbons (Fsp3) is 0.591. The van der Waals surface area contributed by atoms with Gasteiger partial charge in [-0.15, -0.1) is 0 Å². The Bertz CT molecular complexity index is 594. The molecule has 2 nitrogen and oxygen atoms in total. The standard InChI is InChI=1S/C20H29NO.C2H6/c1-13-9-8-10-18-16(4)21(12-11-17(13)18)19(22)14(2)15(3)20(5,6)7;1-2/h8-10,15-16H,2,11-12H2,1,3-7H3;1-2H3. The molecular weight excluding hydrogens is 294 g/mol. The Kier molecular flexibility index (Phi) is 6.83. The lowest BCUT2D eigenvalue weighted by Gasteiger charge is -2.38. The highest BCUT2D eigenvalue weighted by Gasteiger charge is 2.33. The average Bonchev–Trinajstić information content (AvgIpc) is 2.55. The predicted molar refractivity (Wildman–Crippen MR) is 104 cm³/mol. The summed E-state index contributed by atoms with van der Waals surface area (Å²) in [5, 5.41) is 0. The topological polar surface area (TPSA) is 20.3 Å². The van der Waals surface area contributed by atoms with Gasteiger partial charge in [0.1, 0.15) is 0 Å². The number of benzene rings is 1.